The summed E-state index contributed by atoms with van der Waals surface area (Å²) in [5.74, 6) is 0. The van der Waals surface area contributed by atoms with Crippen LogP contribution in [0.25, 0.3) is 0 Å². The second-order valence-corrected chi connectivity index (χ2v) is 17.8. The number of benzene rings is 2. The normalized spacial score (nSPS) is 11.4. The Morgan fingerprint density at radius 3 is 1.35 bits per heavy atom. The summed E-state index contributed by atoms with van der Waals surface area (Å²) in [5, 5.41) is 1.69. The molecule has 2 rings (SSSR count). The molecule has 0 atom stereocenters. The summed E-state index contributed by atoms with van der Waals surface area (Å²) in [4.78, 5) is 0. The van der Waals surface area contributed by atoms with Crippen molar-refractivity contribution in [1.29, 1.82) is 0 Å². The van der Waals surface area contributed by atoms with Crippen molar-refractivity contribution in [1.82, 2.24) is 0 Å². The summed E-state index contributed by atoms with van der Waals surface area (Å²) in [6, 6.07) is 20.5. The van der Waals surface area contributed by atoms with E-state index in [1.54, 1.807) is 0 Å². The van der Waals surface area contributed by atoms with Gasteiger partial charge < -0.3 is 0 Å². The maximum atomic E-state index is 6.56. The van der Waals surface area contributed by atoms with E-state index in [2.05, 4.69) is 24.3 Å². The molecule has 0 aliphatic rings. The second-order valence-electron chi connectivity index (χ2n) is 4.18. The third-order valence-corrected chi connectivity index (χ3v) is 9.27. The van der Waals surface area contributed by atoms with E-state index in [1.807, 2.05) is 36.4 Å². The zero-order chi connectivity index (χ0) is 12.1. The van der Waals surface area contributed by atoms with Gasteiger partial charge in [0.05, 0.1) is 0 Å². The van der Waals surface area contributed by atoms with E-state index in [1.165, 1.54) is 11.1 Å². The van der Waals surface area contributed by atoms with E-state index in [9.17, 15) is 0 Å². The van der Waals surface area contributed by atoms with Gasteiger partial charge in [-0.2, -0.15) is 0 Å². The summed E-state index contributed by atoms with van der Waals surface area (Å²) in [7, 11) is 13.1. The molecule has 0 amide bonds. The fourth-order valence-corrected chi connectivity index (χ4v) is 8.82. The Morgan fingerprint density at radius 1 is 0.647 bits per heavy atom. The molecule has 0 fully saturated rings. The van der Waals surface area contributed by atoms with Crippen LogP contribution in [-0.4, -0.2) is 11.4 Å². The molecular formula is C14H14Cl2Ge. The minimum absolute atomic E-state index is 0.846. The summed E-state index contributed by atoms with van der Waals surface area (Å²) in [6.45, 7) is 0. The Hall–Kier alpha value is -0.437. The van der Waals surface area contributed by atoms with E-state index < -0.39 is 11.4 Å². The van der Waals surface area contributed by atoms with E-state index in [0.29, 0.717) is 0 Å². The SMILES string of the molecule is [Cl][Ge]([Cl])([CH2]c1ccccc1)[CH2]c1ccccc1. The van der Waals surface area contributed by atoms with Crippen LogP contribution in [-0.2, 0) is 10.5 Å². The maximum absolute atomic E-state index is 6.56. The first-order valence-corrected chi connectivity index (χ1v) is 14.1. The van der Waals surface area contributed by atoms with Gasteiger partial charge in [-0.15, -0.1) is 0 Å². The first kappa shape index (κ1) is 13.0. The fourth-order valence-electron chi connectivity index (χ4n) is 1.85. The number of hydrogen-bond acceptors (Lipinski definition) is 0. The van der Waals surface area contributed by atoms with Crippen LogP contribution in [0.15, 0.2) is 60.7 Å². The zero-order valence-corrected chi connectivity index (χ0v) is 13.1. The average Bonchev–Trinajstić information content (AvgIpc) is 2.30. The van der Waals surface area contributed by atoms with Crippen LogP contribution in [0.1, 0.15) is 11.1 Å². The molecule has 88 valence electrons. The Balaban J connectivity index is 2.04. The number of halogens is 2. The van der Waals surface area contributed by atoms with E-state index in [4.69, 9.17) is 20.0 Å². The van der Waals surface area contributed by atoms with Gasteiger partial charge >= 0.3 is 114 Å². The van der Waals surface area contributed by atoms with Gasteiger partial charge in [0, 0.05) is 0 Å². The van der Waals surface area contributed by atoms with Gasteiger partial charge in [-0.05, 0) is 0 Å². The van der Waals surface area contributed by atoms with Crippen LogP contribution < -0.4 is 0 Å². The molecule has 0 saturated heterocycles. The van der Waals surface area contributed by atoms with Crippen LogP contribution in [0.5, 0.6) is 0 Å². The van der Waals surface area contributed by atoms with Gasteiger partial charge in [-0.1, -0.05) is 0 Å². The monoisotopic (exact) mass is 326 g/mol. The van der Waals surface area contributed by atoms with Crippen molar-refractivity contribution < 1.29 is 0 Å². The van der Waals surface area contributed by atoms with Crippen molar-refractivity contribution in [2.45, 2.75) is 10.5 Å². The van der Waals surface area contributed by atoms with Gasteiger partial charge in [-0.25, -0.2) is 0 Å². The standard InChI is InChI=1S/C14H14Cl2Ge/c15-17(16,11-13-7-3-1-4-8-13)12-14-9-5-2-6-10-14/h1-10H,11-12H2. The minimum atomic E-state index is -2.76. The van der Waals surface area contributed by atoms with Gasteiger partial charge in [0.15, 0.2) is 0 Å². The van der Waals surface area contributed by atoms with Gasteiger partial charge in [0.1, 0.15) is 0 Å². The van der Waals surface area contributed by atoms with E-state index in [0.717, 1.165) is 10.5 Å². The van der Waals surface area contributed by atoms with Crippen molar-refractivity contribution in [3.63, 3.8) is 0 Å². The Morgan fingerprint density at radius 2 is 1.00 bits per heavy atom. The average molecular weight is 326 g/mol. The molecule has 0 bridgehead atoms. The zero-order valence-electron chi connectivity index (χ0n) is 9.44. The molecule has 0 aromatic heterocycles. The summed E-state index contributed by atoms with van der Waals surface area (Å²) < 4.78 is 0. The van der Waals surface area contributed by atoms with Crippen molar-refractivity contribution in [2.75, 3.05) is 0 Å². The van der Waals surface area contributed by atoms with Crippen molar-refractivity contribution in [2.24, 2.45) is 0 Å². The molecule has 0 spiro atoms. The van der Waals surface area contributed by atoms with Crippen LogP contribution in [0.4, 0.5) is 0 Å². The first-order chi connectivity index (χ1) is 8.16. The van der Waals surface area contributed by atoms with Gasteiger partial charge in [0.2, 0.25) is 0 Å². The number of rotatable bonds is 4. The van der Waals surface area contributed by atoms with Crippen molar-refractivity contribution in [3.05, 3.63) is 71.8 Å². The van der Waals surface area contributed by atoms with Gasteiger partial charge in [-0.3, -0.25) is 0 Å². The van der Waals surface area contributed by atoms with E-state index >= 15 is 0 Å². The third kappa shape index (κ3) is 4.38. The molecule has 0 aliphatic carbocycles. The van der Waals surface area contributed by atoms with Crippen molar-refractivity contribution >= 4 is 31.4 Å². The first-order valence-electron chi connectivity index (χ1n) is 5.61. The van der Waals surface area contributed by atoms with Gasteiger partial charge in [0.25, 0.3) is 0 Å². The summed E-state index contributed by atoms with van der Waals surface area (Å²) in [6.07, 6.45) is 0. The fraction of sp³-hybridized carbons (Fsp3) is 0.143. The van der Waals surface area contributed by atoms with Crippen LogP contribution in [0, 0.1) is 0 Å². The molecule has 0 N–H and O–H groups in total. The molecule has 0 heterocycles. The third-order valence-electron chi connectivity index (χ3n) is 2.61. The molecule has 0 unspecified atom stereocenters. The molecule has 0 radical (unpaired) electrons. The van der Waals surface area contributed by atoms with Crippen LogP contribution in [0.2, 0.25) is 0 Å². The predicted octanol–water partition coefficient (Wildman–Crippen LogP) is 4.47. The van der Waals surface area contributed by atoms with Crippen LogP contribution in [0.3, 0.4) is 0 Å². The Labute approximate surface area is 113 Å². The summed E-state index contributed by atoms with van der Waals surface area (Å²) >= 11 is -2.76. The number of hydrogen-bond donors (Lipinski definition) is 0. The Bertz CT molecular complexity index is 411. The molecule has 0 aliphatic heterocycles. The predicted molar refractivity (Wildman–Crippen MR) is 77.8 cm³/mol. The van der Waals surface area contributed by atoms with E-state index in [-0.39, 0.29) is 0 Å². The van der Waals surface area contributed by atoms with Crippen molar-refractivity contribution in [3.8, 4) is 0 Å². The molecule has 2 aromatic rings. The topological polar surface area (TPSA) is 0 Å². The van der Waals surface area contributed by atoms with Crippen LogP contribution >= 0.6 is 20.0 Å². The summed E-state index contributed by atoms with van der Waals surface area (Å²) in [5.41, 5.74) is 2.49. The quantitative estimate of drug-likeness (QED) is 0.728. The second kappa shape index (κ2) is 5.94. The Kier molecular flexibility index (Phi) is 4.55. The molecule has 2 aromatic carbocycles. The molecular weight excluding hydrogens is 312 g/mol. The molecule has 17 heavy (non-hydrogen) atoms. The molecule has 0 saturated carbocycles. The molecule has 0 nitrogen and oxygen atoms in total. The molecule has 3 heteroatoms.